The smallest absolute Gasteiger partial charge is 0.253 e. The number of hydrogen-bond acceptors (Lipinski definition) is 4. The van der Waals surface area contributed by atoms with Crippen LogP contribution < -0.4 is 5.32 Å². The maximum absolute atomic E-state index is 12.4. The number of amides is 1. The Morgan fingerprint density at radius 3 is 2.95 bits per heavy atom. The molecule has 0 saturated carbocycles. The molecule has 6 heteroatoms. The molecule has 0 fully saturated rings. The first-order valence-corrected chi connectivity index (χ1v) is 7.63. The van der Waals surface area contributed by atoms with E-state index in [0.29, 0.717) is 17.8 Å². The Bertz CT molecular complexity index is 663. The van der Waals surface area contributed by atoms with Gasteiger partial charge in [0, 0.05) is 6.54 Å². The lowest BCUT2D eigenvalue weighted by Crippen LogP contribution is -2.26. The number of carbonyl (C=O) groups excluding carboxylic acids is 1. The molecule has 114 valence electrons. The van der Waals surface area contributed by atoms with Gasteiger partial charge in [-0.1, -0.05) is 23.8 Å². The summed E-state index contributed by atoms with van der Waals surface area (Å²) in [6, 6.07) is 7.31. The SMILES string of the molecule is O=C(NCCC1=CCCCC1)c1ccccc1-n1cnnn1. The highest BCUT2D eigenvalue weighted by molar-refractivity contribution is 5.97. The Morgan fingerprint density at radius 2 is 2.18 bits per heavy atom. The Labute approximate surface area is 129 Å². The first-order chi connectivity index (χ1) is 10.8. The van der Waals surface area contributed by atoms with Crippen molar-refractivity contribution >= 4 is 5.91 Å². The Morgan fingerprint density at radius 1 is 1.27 bits per heavy atom. The van der Waals surface area contributed by atoms with Crippen LogP contribution in [0.15, 0.2) is 42.2 Å². The normalized spacial score (nSPS) is 14.5. The summed E-state index contributed by atoms with van der Waals surface area (Å²) in [4.78, 5) is 12.4. The summed E-state index contributed by atoms with van der Waals surface area (Å²) in [6.07, 6.45) is 9.61. The lowest BCUT2D eigenvalue weighted by Gasteiger charge is -2.13. The highest BCUT2D eigenvalue weighted by Crippen LogP contribution is 2.19. The van der Waals surface area contributed by atoms with E-state index >= 15 is 0 Å². The molecule has 1 amide bonds. The first kappa shape index (κ1) is 14.4. The number of aromatic nitrogens is 4. The average Bonchev–Trinajstić information content (AvgIpc) is 3.10. The van der Waals surface area contributed by atoms with Crippen LogP contribution in [0.1, 0.15) is 42.5 Å². The zero-order valence-electron chi connectivity index (χ0n) is 12.4. The second-order valence-corrected chi connectivity index (χ2v) is 5.39. The van der Waals surface area contributed by atoms with Gasteiger partial charge in [0.15, 0.2) is 0 Å². The van der Waals surface area contributed by atoms with E-state index in [1.54, 1.807) is 6.07 Å². The zero-order valence-corrected chi connectivity index (χ0v) is 12.4. The summed E-state index contributed by atoms with van der Waals surface area (Å²) in [5.41, 5.74) is 2.72. The van der Waals surface area contributed by atoms with E-state index in [1.165, 1.54) is 35.8 Å². The van der Waals surface area contributed by atoms with Crippen LogP contribution in [-0.4, -0.2) is 32.7 Å². The van der Waals surface area contributed by atoms with Gasteiger partial charge >= 0.3 is 0 Å². The van der Waals surface area contributed by atoms with Gasteiger partial charge in [-0.3, -0.25) is 4.79 Å². The number of allylic oxidation sites excluding steroid dienone is 1. The molecule has 1 aromatic carbocycles. The minimum Gasteiger partial charge on any atom is -0.352 e. The number of nitrogens with zero attached hydrogens (tertiary/aromatic N) is 4. The van der Waals surface area contributed by atoms with Crippen molar-refractivity contribution in [2.75, 3.05) is 6.54 Å². The summed E-state index contributed by atoms with van der Waals surface area (Å²) in [6.45, 7) is 0.661. The molecule has 2 aromatic rings. The van der Waals surface area contributed by atoms with Crippen LogP contribution in [0, 0.1) is 0 Å². The second kappa shape index (κ2) is 6.98. The van der Waals surface area contributed by atoms with E-state index in [9.17, 15) is 4.79 Å². The van der Waals surface area contributed by atoms with E-state index in [0.717, 1.165) is 12.8 Å². The molecule has 0 unspecified atom stereocenters. The lowest BCUT2D eigenvalue weighted by molar-refractivity contribution is 0.0954. The number of rotatable bonds is 5. The zero-order chi connectivity index (χ0) is 15.2. The Hall–Kier alpha value is -2.50. The Kier molecular flexibility index (Phi) is 4.58. The van der Waals surface area contributed by atoms with Crippen LogP contribution in [0.2, 0.25) is 0 Å². The van der Waals surface area contributed by atoms with Crippen molar-refractivity contribution in [3.8, 4) is 5.69 Å². The molecule has 3 rings (SSSR count). The van der Waals surface area contributed by atoms with Crippen LogP contribution in [-0.2, 0) is 0 Å². The van der Waals surface area contributed by atoms with E-state index < -0.39 is 0 Å². The minimum absolute atomic E-state index is 0.0949. The van der Waals surface area contributed by atoms with Crippen LogP contribution >= 0.6 is 0 Å². The molecular weight excluding hydrogens is 278 g/mol. The molecule has 6 nitrogen and oxygen atoms in total. The fourth-order valence-corrected chi connectivity index (χ4v) is 2.70. The summed E-state index contributed by atoms with van der Waals surface area (Å²) in [7, 11) is 0. The molecule has 0 saturated heterocycles. The van der Waals surface area contributed by atoms with Crippen LogP contribution in [0.25, 0.3) is 5.69 Å². The highest BCUT2D eigenvalue weighted by atomic mass is 16.1. The van der Waals surface area contributed by atoms with Gasteiger partial charge in [0.1, 0.15) is 6.33 Å². The maximum atomic E-state index is 12.4. The second-order valence-electron chi connectivity index (χ2n) is 5.39. The van der Waals surface area contributed by atoms with Crippen molar-refractivity contribution in [1.29, 1.82) is 0 Å². The molecule has 0 radical (unpaired) electrons. The molecule has 1 aliphatic carbocycles. The third-order valence-corrected chi connectivity index (χ3v) is 3.86. The number of para-hydroxylation sites is 1. The fourth-order valence-electron chi connectivity index (χ4n) is 2.70. The molecule has 1 aliphatic rings. The molecule has 0 atom stereocenters. The van der Waals surface area contributed by atoms with E-state index in [4.69, 9.17) is 0 Å². The van der Waals surface area contributed by atoms with Crippen molar-refractivity contribution in [1.82, 2.24) is 25.5 Å². The number of hydrogen-bond donors (Lipinski definition) is 1. The predicted octanol–water partition coefficient (Wildman–Crippen LogP) is 2.28. The molecule has 1 N–H and O–H groups in total. The summed E-state index contributed by atoms with van der Waals surface area (Å²) in [5.74, 6) is -0.0949. The van der Waals surface area contributed by atoms with E-state index in [-0.39, 0.29) is 5.91 Å². The summed E-state index contributed by atoms with van der Waals surface area (Å²) in [5, 5.41) is 14.1. The molecule has 1 heterocycles. The van der Waals surface area contributed by atoms with Crippen molar-refractivity contribution in [3.05, 3.63) is 47.8 Å². The first-order valence-electron chi connectivity index (χ1n) is 7.63. The minimum atomic E-state index is -0.0949. The largest absolute Gasteiger partial charge is 0.352 e. The van der Waals surface area contributed by atoms with Gasteiger partial charge in [0.25, 0.3) is 5.91 Å². The van der Waals surface area contributed by atoms with E-state index in [2.05, 4.69) is 26.9 Å². The molecule has 22 heavy (non-hydrogen) atoms. The lowest BCUT2D eigenvalue weighted by atomic mass is 9.97. The molecule has 0 aliphatic heterocycles. The number of carbonyl (C=O) groups is 1. The van der Waals surface area contributed by atoms with Crippen LogP contribution in [0.5, 0.6) is 0 Å². The topological polar surface area (TPSA) is 72.7 Å². The predicted molar refractivity (Wildman–Crippen MR) is 82.7 cm³/mol. The average molecular weight is 297 g/mol. The summed E-state index contributed by atoms with van der Waals surface area (Å²) < 4.78 is 1.50. The monoisotopic (exact) mass is 297 g/mol. The van der Waals surface area contributed by atoms with Crippen molar-refractivity contribution in [2.45, 2.75) is 32.1 Å². The molecule has 1 aromatic heterocycles. The third-order valence-electron chi connectivity index (χ3n) is 3.86. The van der Waals surface area contributed by atoms with Gasteiger partial charge in [0.05, 0.1) is 11.3 Å². The highest BCUT2D eigenvalue weighted by Gasteiger charge is 2.13. The summed E-state index contributed by atoms with van der Waals surface area (Å²) >= 11 is 0. The van der Waals surface area contributed by atoms with Crippen LogP contribution in [0.4, 0.5) is 0 Å². The van der Waals surface area contributed by atoms with Crippen molar-refractivity contribution in [2.24, 2.45) is 0 Å². The van der Waals surface area contributed by atoms with Gasteiger partial charge in [-0.05, 0) is 54.7 Å². The molecule has 0 spiro atoms. The number of tetrazole rings is 1. The molecular formula is C16H19N5O. The quantitative estimate of drug-likeness (QED) is 0.859. The van der Waals surface area contributed by atoms with Crippen molar-refractivity contribution in [3.63, 3.8) is 0 Å². The molecule has 0 bridgehead atoms. The van der Waals surface area contributed by atoms with Crippen molar-refractivity contribution < 1.29 is 4.79 Å². The third kappa shape index (κ3) is 3.39. The van der Waals surface area contributed by atoms with E-state index in [1.807, 2.05) is 18.2 Å². The Balaban J connectivity index is 1.64. The van der Waals surface area contributed by atoms with Crippen LogP contribution in [0.3, 0.4) is 0 Å². The van der Waals surface area contributed by atoms with Gasteiger partial charge in [-0.15, -0.1) is 5.10 Å². The number of benzene rings is 1. The van der Waals surface area contributed by atoms with Gasteiger partial charge < -0.3 is 5.32 Å². The van der Waals surface area contributed by atoms with Gasteiger partial charge in [-0.25, -0.2) is 0 Å². The fraction of sp³-hybridized carbons (Fsp3) is 0.375. The van der Waals surface area contributed by atoms with Gasteiger partial charge in [-0.2, -0.15) is 4.68 Å². The van der Waals surface area contributed by atoms with Gasteiger partial charge in [0.2, 0.25) is 0 Å². The number of nitrogens with one attached hydrogen (secondary N) is 1. The standard InChI is InChI=1S/C16H19N5O/c22-16(17-11-10-13-6-2-1-3-7-13)14-8-4-5-9-15(14)21-12-18-19-20-21/h4-6,8-9,12H,1-3,7,10-11H2,(H,17,22). The maximum Gasteiger partial charge on any atom is 0.253 e.